The monoisotopic (exact) mass is 381 g/mol. The van der Waals surface area contributed by atoms with Crippen LogP contribution in [0, 0.1) is 5.82 Å². The molecule has 2 aromatic carbocycles. The van der Waals surface area contributed by atoms with E-state index in [1.165, 1.54) is 18.2 Å². The van der Waals surface area contributed by atoms with Gasteiger partial charge in [-0.25, -0.2) is 13.5 Å². The first kappa shape index (κ1) is 14.9. The van der Waals surface area contributed by atoms with E-state index < -0.39 is 11.8 Å². The highest BCUT2D eigenvalue weighted by Gasteiger charge is 2.20. The summed E-state index contributed by atoms with van der Waals surface area (Å²) in [5.74, 6) is -0.321. The number of nitrogens with one attached hydrogen (secondary N) is 1. The van der Waals surface area contributed by atoms with E-state index in [4.69, 9.17) is 4.52 Å². The molecule has 0 aliphatic heterocycles. The Hall–Kier alpha value is -2.06. The van der Waals surface area contributed by atoms with Gasteiger partial charge < -0.3 is 9.84 Å². The van der Waals surface area contributed by atoms with E-state index in [9.17, 15) is 9.18 Å². The molecule has 112 valence electrons. The predicted molar refractivity (Wildman–Crippen MR) is 88.6 cm³/mol. The molecule has 2 amide bonds. The topological polar surface area (TPSA) is 58.4 Å². The number of hydrogen-bond donors (Lipinski definition) is 2. The predicted octanol–water partition coefficient (Wildman–Crippen LogP) is 4.61. The quantitative estimate of drug-likeness (QED) is 0.637. The van der Waals surface area contributed by atoms with Gasteiger partial charge in [-0.05, 0) is 30.3 Å². The van der Waals surface area contributed by atoms with Crippen molar-refractivity contribution in [3.05, 3.63) is 52.8 Å². The SMILES string of the molecule is O=C(Nc1ccccc1F)N(S)c1noc2ccc(Br)cc12. The Morgan fingerprint density at radius 3 is 2.86 bits per heavy atom. The number of para-hydroxylation sites is 1. The van der Waals surface area contributed by atoms with Gasteiger partial charge in [0.15, 0.2) is 11.4 Å². The summed E-state index contributed by atoms with van der Waals surface area (Å²) < 4.78 is 20.5. The summed E-state index contributed by atoms with van der Waals surface area (Å²) in [5, 5.41) is 6.85. The molecule has 8 heteroatoms. The molecule has 0 bridgehead atoms. The number of nitrogens with zero attached hydrogens (tertiary/aromatic N) is 2. The Morgan fingerprint density at radius 1 is 1.32 bits per heavy atom. The van der Waals surface area contributed by atoms with Crippen LogP contribution in [0.1, 0.15) is 0 Å². The lowest BCUT2D eigenvalue weighted by Crippen LogP contribution is -2.27. The Balaban J connectivity index is 1.89. The van der Waals surface area contributed by atoms with Crippen LogP contribution in [0.2, 0.25) is 0 Å². The number of urea groups is 1. The Morgan fingerprint density at radius 2 is 2.09 bits per heavy atom. The van der Waals surface area contributed by atoms with Crippen LogP contribution < -0.4 is 9.62 Å². The molecule has 0 radical (unpaired) electrons. The first-order valence-electron chi connectivity index (χ1n) is 6.15. The lowest BCUT2D eigenvalue weighted by Gasteiger charge is -2.14. The van der Waals surface area contributed by atoms with E-state index in [0.717, 1.165) is 8.78 Å². The first-order valence-corrected chi connectivity index (χ1v) is 7.35. The van der Waals surface area contributed by atoms with Crippen LogP contribution >= 0.6 is 28.7 Å². The van der Waals surface area contributed by atoms with Crippen LogP contribution in [0.3, 0.4) is 0 Å². The average molecular weight is 382 g/mol. The summed E-state index contributed by atoms with van der Waals surface area (Å²) in [5.41, 5.74) is 0.566. The van der Waals surface area contributed by atoms with Crippen molar-refractivity contribution < 1.29 is 13.7 Å². The lowest BCUT2D eigenvalue weighted by atomic mass is 10.2. The number of fused-ring (bicyclic) bond motifs is 1. The maximum Gasteiger partial charge on any atom is 0.337 e. The minimum absolute atomic E-state index is 0.0560. The summed E-state index contributed by atoms with van der Waals surface area (Å²) in [7, 11) is 0. The molecule has 0 atom stereocenters. The zero-order valence-electron chi connectivity index (χ0n) is 11.0. The number of anilines is 2. The molecule has 3 aromatic rings. The van der Waals surface area contributed by atoms with Crippen LogP contribution in [-0.2, 0) is 0 Å². The van der Waals surface area contributed by atoms with E-state index in [1.807, 2.05) is 0 Å². The van der Waals surface area contributed by atoms with Crippen molar-refractivity contribution in [2.75, 3.05) is 9.62 Å². The fourth-order valence-electron chi connectivity index (χ4n) is 1.88. The molecule has 1 aromatic heterocycles. The Kier molecular flexibility index (Phi) is 4.04. The van der Waals surface area contributed by atoms with Crippen molar-refractivity contribution in [2.24, 2.45) is 0 Å². The Labute approximate surface area is 138 Å². The maximum atomic E-state index is 13.6. The van der Waals surface area contributed by atoms with Crippen molar-refractivity contribution in [3.8, 4) is 0 Å². The highest BCUT2D eigenvalue weighted by atomic mass is 79.9. The summed E-state index contributed by atoms with van der Waals surface area (Å²) in [6.07, 6.45) is 0. The molecule has 0 saturated heterocycles. The number of halogens is 2. The van der Waals surface area contributed by atoms with Crippen LogP contribution in [0.25, 0.3) is 11.0 Å². The van der Waals surface area contributed by atoms with Gasteiger partial charge >= 0.3 is 6.03 Å². The third-order valence-corrected chi connectivity index (χ3v) is 3.79. The van der Waals surface area contributed by atoms with Gasteiger partial charge in [-0.3, -0.25) is 0 Å². The average Bonchev–Trinajstić information content (AvgIpc) is 2.91. The molecule has 0 unspecified atom stereocenters. The normalized spacial score (nSPS) is 10.7. The number of benzene rings is 2. The summed E-state index contributed by atoms with van der Waals surface area (Å²) in [4.78, 5) is 12.2. The lowest BCUT2D eigenvalue weighted by molar-refractivity contribution is 0.260. The number of aromatic nitrogens is 1. The summed E-state index contributed by atoms with van der Waals surface area (Å²) >= 11 is 7.45. The smallest absolute Gasteiger partial charge is 0.337 e. The first-order chi connectivity index (χ1) is 10.6. The fraction of sp³-hybridized carbons (Fsp3) is 0. The number of carbonyl (C=O) groups is 1. The zero-order valence-corrected chi connectivity index (χ0v) is 13.4. The van der Waals surface area contributed by atoms with Crippen LogP contribution in [-0.4, -0.2) is 11.2 Å². The zero-order chi connectivity index (χ0) is 15.7. The molecule has 0 aliphatic carbocycles. The largest absolute Gasteiger partial charge is 0.354 e. The van der Waals surface area contributed by atoms with Crippen molar-refractivity contribution in [1.82, 2.24) is 5.16 Å². The molecule has 0 spiro atoms. The van der Waals surface area contributed by atoms with Crippen molar-refractivity contribution in [1.29, 1.82) is 0 Å². The second kappa shape index (κ2) is 5.98. The third kappa shape index (κ3) is 2.79. The van der Waals surface area contributed by atoms with E-state index >= 15 is 0 Å². The Bertz CT molecular complexity index is 855. The number of rotatable bonds is 2. The van der Waals surface area contributed by atoms with Gasteiger partial charge in [-0.2, -0.15) is 0 Å². The number of thiol groups is 1. The molecular weight excluding hydrogens is 373 g/mol. The van der Waals surface area contributed by atoms with E-state index in [-0.39, 0.29) is 11.5 Å². The van der Waals surface area contributed by atoms with Gasteiger partial charge in [0.2, 0.25) is 0 Å². The van der Waals surface area contributed by atoms with Gasteiger partial charge in [0.05, 0.1) is 11.1 Å². The van der Waals surface area contributed by atoms with E-state index in [2.05, 4.69) is 39.2 Å². The van der Waals surface area contributed by atoms with E-state index in [0.29, 0.717) is 11.0 Å². The number of carbonyl (C=O) groups excluding carboxylic acids is 1. The second-order valence-corrected chi connectivity index (χ2v) is 5.68. The van der Waals surface area contributed by atoms with Crippen LogP contribution in [0.15, 0.2) is 51.5 Å². The minimum atomic E-state index is -0.649. The third-order valence-electron chi connectivity index (χ3n) is 2.92. The number of amides is 2. The van der Waals surface area contributed by atoms with Crippen molar-refractivity contribution in [2.45, 2.75) is 0 Å². The van der Waals surface area contributed by atoms with Crippen molar-refractivity contribution in [3.63, 3.8) is 0 Å². The number of hydrogen-bond acceptors (Lipinski definition) is 4. The van der Waals surface area contributed by atoms with Gasteiger partial charge in [0, 0.05) is 4.47 Å². The summed E-state index contributed by atoms with van der Waals surface area (Å²) in [6.45, 7) is 0. The van der Waals surface area contributed by atoms with Gasteiger partial charge in [-0.15, -0.1) is 0 Å². The molecule has 22 heavy (non-hydrogen) atoms. The van der Waals surface area contributed by atoms with Crippen LogP contribution in [0.4, 0.5) is 20.7 Å². The van der Waals surface area contributed by atoms with Gasteiger partial charge in [0.1, 0.15) is 5.82 Å². The molecule has 0 aliphatic rings. The van der Waals surface area contributed by atoms with E-state index in [1.54, 1.807) is 24.3 Å². The van der Waals surface area contributed by atoms with Crippen LogP contribution in [0.5, 0.6) is 0 Å². The molecular formula is C14H9BrFN3O2S. The van der Waals surface area contributed by atoms with Gasteiger partial charge in [0.25, 0.3) is 0 Å². The molecule has 3 rings (SSSR count). The highest BCUT2D eigenvalue weighted by Crippen LogP contribution is 2.30. The second-order valence-electron chi connectivity index (χ2n) is 4.37. The molecule has 1 heterocycles. The standard InChI is InChI=1S/C14H9BrFN3O2S/c15-8-5-6-12-9(7-8)13(18-21-12)19(22)14(20)17-11-4-2-1-3-10(11)16/h1-7,22H,(H,17,20). The minimum Gasteiger partial charge on any atom is -0.354 e. The molecule has 1 N–H and O–H groups in total. The summed E-state index contributed by atoms with van der Waals surface area (Å²) in [6, 6.07) is 10.5. The maximum absolute atomic E-state index is 13.6. The highest BCUT2D eigenvalue weighted by molar-refractivity contribution is 9.10. The van der Waals surface area contributed by atoms with Crippen molar-refractivity contribution >= 4 is 57.3 Å². The molecule has 0 fully saturated rings. The molecule has 0 saturated carbocycles. The molecule has 5 nitrogen and oxygen atoms in total. The van der Waals surface area contributed by atoms with Gasteiger partial charge in [-0.1, -0.05) is 46.0 Å². The fourth-order valence-corrected chi connectivity index (χ4v) is 2.43.